The maximum absolute atomic E-state index is 13.5. The van der Waals surface area contributed by atoms with Crippen LogP contribution in [-0.4, -0.2) is 107 Å². The van der Waals surface area contributed by atoms with Gasteiger partial charge in [0.2, 0.25) is 11.8 Å². The van der Waals surface area contributed by atoms with Gasteiger partial charge in [0.1, 0.15) is 45.8 Å². The second-order valence-corrected chi connectivity index (χ2v) is 12.9. The van der Waals surface area contributed by atoms with Gasteiger partial charge < -0.3 is 26.2 Å². The summed E-state index contributed by atoms with van der Waals surface area (Å²) < 4.78 is 0. The lowest BCUT2D eigenvalue weighted by Crippen LogP contribution is -2.72. The fourth-order valence-corrected chi connectivity index (χ4v) is 8.08. The molecule has 242 valence electrons. The Balaban J connectivity index is 1.33. The molecule has 4 aliphatic rings. The highest BCUT2D eigenvalue weighted by atomic mass is 32.2. The minimum Gasteiger partial charge on any atom is -0.477 e. The quantitative estimate of drug-likeness (QED) is 0.121. The van der Waals surface area contributed by atoms with Crippen LogP contribution in [0, 0.1) is 10.1 Å². The number of fused-ring (bicyclic) bond motifs is 2. The predicted octanol–water partition coefficient (Wildman–Crippen LogP) is -0.400. The molecule has 1 unspecified atom stereocenters. The predicted molar refractivity (Wildman–Crippen MR) is 160 cm³/mol. The first-order valence-corrected chi connectivity index (χ1v) is 15.7. The Labute approximate surface area is 267 Å². The van der Waals surface area contributed by atoms with Gasteiger partial charge in [-0.15, -0.1) is 23.5 Å². The Hall–Kier alpha value is -4.91. The van der Waals surface area contributed by atoms with E-state index in [0.717, 1.165) is 21.9 Å². The molecule has 5 amide bonds. The summed E-state index contributed by atoms with van der Waals surface area (Å²) in [5, 5.41) is 36.3. The molecule has 5 atom stereocenters. The van der Waals surface area contributed by atoms with E-state index in [2.05, 4.69) is 16.0 Å². The van der Waals surface area contributed by atoms with E-state index in [1.807, 2.05) is 0 Å². The Morgan fingerprint density at radius 2 is 1.41 bits per heavy atom. The number of carboxylic acid groups (broad SMARTS) is 2. The van der Waals surface area contributed by atoms with E-state index in [1.54, 1.807) is 13.8 Å². The lowest BCUT2D eigenvalue weighted by Gasteiger charge is -2.49. The third-order valence-electron chi connectivity index (χ3n) is 7.69. The van der Waals surface area contributed by atoms with E-state index in [0.29, 0.717) is 16.9 Å². The molecule has 0 spiro atoms. The summed E-state index contributed by atoms with van der Waals surface area (Å²) in [6.45, 7) is 3.14. The van der Waals surface area contributed by atoms with Gasteiger partial charge in [0.15, 0.2) is 0 Å². The largest absolute Gasteiger partial charge is 0.477 e. The molecule has 5 N–H and O–H groups in total. The first kappa shape index (κ1) is 32.5. The summed E-state index contributed by atoms with van der Waals surface area (Å²) in [7, 11) is 0. The SMILES string of the molecule is CC1=C(C(=O)O)N2C(=O)[C@@H](NC(=O)CC(NC(=O)c3ccccc3[N+](=O)[O-])C(=O)N[C@@H]3C(=O)N4C(C(=O)O)=C(C)CS[C@H]34)[C@H]2SC1. The molecule has 2 fully saturated rings. The molecule has 0 aliphatic carbocycles. The summed E-state index contributed by atoms with van der Waals surface area (Å²) in [6, 6.07) is 0.898. The molecular weight excluding hydrogens is 648 g/mol. The van der Waals surface area contributed by atoms with Crippen molar-refractivity contribution in [3.8, 4) is 0 Å². The molecule has 4 aliphatic heterocycles. The van der Waals surface area contributed by atoms with Gasteiger partial charge in [-0.25, -0.2) is 9.59 Å². The number of nitrogens with zero attached hydrogens (tertiary/aromatic N) is 3. The Kier molecular flexibility index (Phi) is 8.81. The third-order valence-corrected chi connectivity index (χ3v) is 10.5. The molecule has 17 nitrogen and oxygen atoms in total. The minimum absolute atomic E-state index is 0.177. The first-order valence-electron chi connectivity index (χ1n) is 13.6. The van der Waals surface area contributed by atoms with Crippen LogP contribution in [0.1, 0.15) is 30.6 Å². The topological polar surface area (TPSA) is 246 Å². The van der Waals surface area contributed by atoms with Gasteiger partial charge in [0.05, 0.1) is 11.3 Å². The lowest BCUT2D eigenvalue weighted by atomic mass is 10.0. The molecular formula is C27H26N6O11S2. The van der Waals surface area contributed by atoms with Crippen LogP contribution in [0.4, 0.5) is 5.69 Å². The fraction of sp³-hybridized carbons (Fsp3) is 0.370. The number of β-lactam (4-membered cyclic amide) rings is 2. The lowest BCUT2D eigenvalue weighted by molar-refractivity contribution is -0.385. The number of carboxylic acids is 2. The van der Waals surface area contributed by atoms with Crippen molar-refractivity contribution in [1.82, 2.24) is 25.8 Å². The molecule has 0 radical (unpaired) electrons. The minimum atomic E-state index is -1.69. The molecule has 2 saturated heterocycles. The Morgan fingerprint density at radius 1 is 0.913 bits per heavy atom. The van der Waals surface area contributed by atoms with Crippen molar-refractivity contribution in [1.29, 1.82) is 0 Å². The zero-order valence-electron chi connectivity index (χ0n) is 24.0. The summed E-state index contributed by atoms with van der Waals surface area (Å²) in [5.74, 6) is -6.40. The number of amides is 5. The Morgan fingerprint density at radius 3 is 1.91 bits per heavy atom. The van der Waals surface area contributed by atoms with Gasteiger partial charge >= 0.3 is 11.9 Å². The van der Waals surface area contributed by atoms with Crippen LogP contribution < -0.4 is 16.0 Å². The molecule has 1 aromatic carbocycles. The van der Waals surface area contributed by atoms with Crippen LogP contribution in [0.2, 0.25) is 0 Å². The van der Waals surface area contributed by atoms with Gasteiger partial charge in [-0.2, -0.15) is 0 Å². The number of carbonyl (C=O) groups excluding carboxylic acids is 5. The number of hydrogen-bond acceptors (Lipinski definition) is 11. The van der Waals surface area contributed by atoms with Crippen molar-refractivity contribution in [3.63, 3.8) is 0 Å². The van der Waals surface area contributed by atoms with E-state index in [1.165, 1.54) is 35.7 Å². The molecule has 0 aromatic heterocycles. The number of rotatable bonds is 10. The highest BCUT2D eigenvalue weighted by Crippen LogP contribution is 2.41. The van der Waals surface area contributed by atoms with Crippen LogP contribution in [0.25, 0.3) is 0 Å². The van der Waals surface area contributed by atoms with E-state index in [9.17, 15) is 53.9 Å². The van der Waals surface area contributed by atoms with Crippen LogP contribution in [-0.2, 0) is 28.8 Å². The van der Waals surface area contributed by atoms with Crippen LogP contribution >= 0.6 is 23.5 Å². The molecule has 1 aromatic rings. The number of aliphatic carboxylic acids is 2. The van der Waals surface area contributed by atoms with Crippen molar-refractivity contribution in [2.75, 3.05) is 11.5 Å². The van der Waals surface area contributed by atoms with Crippen molar-refractivity contribution >= 4 is 70.7 Å². The molecule has 5 rings (SSSR count). The molecule has 4 heterocycles. The maximum Gasteiger partial charge on any atom is 0.352 e. The standard InChI is InChI=1S/C27H26N6O11S2/c1-10-8-45-24-16(22(37)31(24)18(10)26(39)40)29-15(34)7-13(28-20(35)12-5-3-4-6-14(12)33(43)44)21(36)30-17-23(38)32-19(27(41)42)11(2)9-46-25(17)32/h3-6,13,16-17,24-25H,7-9H2,1-2H3,(H,28,35)(H,29,34)(H,30,36)(H,39,40)(H,41,42)/t13?,16-,17-,24-,25-/m1/s1. The highest BCUT2D eigenvalue weighted by Gasteiger charge is 2.55. The van der Waals surface area contributed by atoms with Crippen molar-refractivity contribution < 1.29 is 48.7 Å². The average molecular weight is 675 g/mol. The van der Waals surface area contributed by atoms with Crippen molar-refractivity contribution in [3.05, 3.63) is 62.5 Å². The molecule has 46 heavy (non-hydrogen) atoms. The summed E-state index contributed by atoms with van der Waals surface area (Å²) >= 11 is 2.44. The number of benzene rings is 1. The fourth-order valence-electron chi connectivity index (χ4n) is 5.49. The van der Waals surface area contributed by atoms with E-state index in [4.69, 9.17) is 0 Å². The number of nitro benzene ring substituents is 1. The molecule has 0 bridgehead atoms. The summed E-state index contributed by atoms with van der Waals surface area (Å²) in [6.07, 6.45) is -0.762. The van der Waals surface area contributed by atoms with Crippen LogP contribution in [0.15, 0.2) is 46.8 Å². The monoisotopic (exact) mass is 674 g/mol. The van der Waals surface area contributed by atoms with Crippen LogP contribution in [0.5, 0.6) is 0 Å². The Bertz CT molecular complexity index is 1680. The smallest absolute Gasteiger partial charge is 0.352 e. The number of carbonyl (C=O) groups is 7. The van der Waals surface area contributed by atoms with E-state index >= 15 is 0 Å². The zero-order chi connectivity index (χ0) is 33.6. The van der Waals surface area contributed by atoms with Gasteiger partial charge in [-0.1, -0.05) is 12.1 Å². The number of thioether (sulfide) groups is 2. The zero-order valence-corrected chi connectivity index (χ0v) is 25.7. The summed E-state index contributed by atoms with van der Waals surface area (Å²) in [5.41, 5.74) is -0.414. The van der Waals surface area contributed by atoms with Crippen molar-refractivity contribution in [2.45, 2.75) is 49.1 Å². The highest BCUT2D eigenvalue weighted by molar-refractivity contribution is 8.00. The first-order chi connectivity index (χ1) is 21.7. The van der Waals surface area contributed by atoms with Gasteiger partial charge in [0, 0.05) is 17.6 Å². The molecule has 0 saturated carbocycles. The normalized spacial score (nSPS) is 24.1. The van der Waals surface area contributed by atoms with Gasteiger partial charge in [-0.3, -0.25) is 43.9 Å². The van der Waals surface area contributed by atoms with Gasteiger partial charge in [0.25, 0.3) is 23.4 Å². The number of nitro groups is 1. The van der Waals surface area contributed by atoms with E-state index in [-0.39, 0.29) is 17.1 Å². The van der Waals surface area contributed by atoms with E-state index < -0.39 is 92.9 Å². The maximum atomic E-state index is 13.5. The number of para-hydroxylation sites is 1. The van der Waals surface area contributed by atoms with Crippen LogP contribution in [0.3, 0.4) is 0 Å². The third kappa shape index (κ3) is 5.66. The number of nitrogens with one attached hydrogen (secondary N) is 3. The average Bonchev–Trinajstić information content (AvgIpc) is 3.01. The molecule has 19 heteroatoms. The number of hydrogen-bond donors (Lipinski definition) is 5. The van der Waals surface area contributed by atoms with Gasteiger partial charge in [-0.05, 0) is 31.1 Å². The summed E-state index contributed by atoms with van der Waals surface area (Å²) in [4.78, 5) is 102. The van der Waals surface area contributed by atoms with Crippen molar-refractivity contribution in [2.24, 2.45) is 0 Å². The second-order valence-electron chi connectivity index (χ2n) is 10.7. The second kappa shape index (κ2) is 12.5.